The summed E-state index contributed by atoms with van der Waals surface area (Å²) in [5.74, 6) is -3.59. The Balaban J connectivity index is 3.29. The first-order valence-electron chi connectivity index (χ1n) is 4.41. The number of nitro groups is 1. The van der Waals surface area contributed by atoms with E-state index in [2.05, 4.69) is 9.72 Å². The number of aromatic nitrogens is 1. The van der Waals surface area contributed by atoms with Gasteiger partial charge in [0.2, 0.25) is 5.75 Å². The van der Waals surface area contributed by atoms with Gasteiger partial charge in [-0.05, 0) is 32.5 Å². The van der Waals surface area contributed by atoms with Gasteiger partial charge in [-0.2, -0.15) is 0 Å². The van der Waals surface area contributed by atoms with Crippen molar-refractivity contribution in [3.63, 3.8) is 0 Å². The molecule has 0 aliphatic rings. The van der Waals surface area contributed by atoms with Gasteiger partial charge in [0.05, 0.1) is 3.57 Å². The van der Waals surface area contributed by atoms with Gasteiger partial charge < -0.3 is 20.0 Å². The van der Waals surface area contributed by atoms with E-state index in [0.29, 0.717) is 0 Å². The van der Waals surface area contributed by atoms with Crippen molar-refractivity contribution in [2.45, 2.75) is 12.8 Å². The molecule has 0 bridgehead atoms. The molecule has 0 saturated heterocycles. The third-order valence-corrected chi connectivity index (χ3v) is 2.65. The summed E-state index contributed by atoms with van der Waals surface area (Å²) >= 11 is 1.52. The number of carbonyl (C=O) groups is 1. The first-order chi connectivity index (χ1) is 8.60. The van der Waals surface area contributed by atoms with Crippen molar-refractivity contribution in [3.8, 4) is 5.75 Å². The number of pyridine rings is 1. The van der Waals surface area contributed by atoms with Crippen LogP contribution in [0.15, 0.2) is 6.07 Å². The van der Waals surface area contributed by atoms with Crippen LogP contribution in [-0.2, 0) is 11.2 Å². The molecule has 1 aromatic rings. The van der Waals surface area contributed by atoms with Gasteiger partial charge in [0.25, 0.3) is 0 Å². The van der Waals surface area contributed by atoms with Gasteiger partial charge in [-0.3, -0.25) is 4.79 Å². The number of carboxylic acids is 1. The maximum atomic E-state index is 12.1. The van der Waals surface area contributed by atoms with Gasteiger partial charge in [-0.15, -0.1) is 13.2 Å². The van der Waals surface area contributed by atoms with E-state index in [1.165, 1.54) is 22.6 Å². The Labute approximate surface area is 116 Å². The number of alkyl halides is 3. The molecule has 1 N–H and O–H groups in total. The van der Waals surface area contributed by atoms with Crippen LogP contribution in [0.2, 0.25) is 0 Å². The predicted molar refractivity (Wildman–Crippen MR) is 61.6 cm³/mol. The highest BCUT2D eigenvalue weighted by Crippen LogP contribution is 2.32. The number of nitrogens with zero attached hydrogens (tertiary/aromatic N) is 2. The summed E-state index contributed by atoms with van der Waals surface area (Å²) in [6, 6.07) is 0.720. The molecule has 0 aliphatic carbocycles. The maximum absolute atomic E-state index is 12.1. The largest absolute Gasteiger partial charge is 0.573 e. The molecule has 0 unspecified atom stereocenters. The molecule has 1 aromatic heterocycles. The highest BCUT2D eigenvalue weighted by Gasteiger charge is 2.36. The second kappa shape index (κ2) is 5.54. The highest BCUT2D eigenvalue weighted by molar-refractivity contribution is 14.1. The van der Waals surface area contributed by atoms with E-state index in [1.54, 1.807) is 0 Å². The number of ether oxygens (including phenoxy) is 1. The standard InChI is InChI=1S/C8H4F3IN2O5/c9-8(10,11)19-5-1-3(12)4(2-6(15)16)13-7(5)14(17)18/h1H,2H2,(H,15,16). The van der Waals surface area contributed by atoms with Gasteiger partial charge in [-0.25, -0.2) is 0 Å². The van der Waals surface area contributed by atoms with E-state index in [0.717, 1.165) is 6.07 Å². The van der Waals surface area contributed by atoms with Crippen LogP contribution >= 0.6 is 22.6 Å². The number of halogens is 4. The molecule has 0 atom stereocenters. The Morgan fingerprint density at radius 2 is 2.16 bits per heavy atom. The lowest BCUT2D eigenvalue weighted by atomic mass is 10.2. The fourth-order valence-corrected chi connectivity index (χ4v) is 1.69. The van der Waals surface area contributed by atoms with E-state index in [9.17, 15) is 28.1 Å². The van der Waals surface area contributed by atoms with E-state index in [1.807, 2.05) is 0 Å². The zero-order valence-electron chi connectivity index (χ0n) is 8.77. The van der Waals surface area contributed by atoms with Crippen LogP contribution in [-0.4, -0.2) is 27.3 Å². The zero-order chi connectivity index (χ0) is 14.8. The number of rotatable bonds is 4. The summed E-state index contributed by atoms with van der Waals surface area (Å²) in [6.07, 6.45) is -5.75. The Morgan fingerprint density at radius 3 is 2.58 bits per heavy atom. The number of hydrogen-bond acceptors (Lipinski definition) is 5. The Kier molecular flexibility index (Phi) is 4.49. The molecule has 0 saturated carbocycles. The molecule has 0 aliphatic heterocycles. The van der Waals surface area contributed by atoms with Crippen LogP contribution in [0.4, 0.5) is 19.0 Å². The Morgan fingerprint density at radius 1 is 1.58 bits per heavy atom. The van der Waals surface area contributed by atoms with Crippen LogP contribution in [0.3, 0.4) is 0 Å². The third-order valence-electron chi connectivity index (χ3n) is 1.71. The van der Waals surface area contributed by atoms with Crippen LogP contribution in [0, 0.1) is 13.7 Å². The molecule has 19 heavy (non-hydrogen) atoms. The van der Waals surface area contributed by atoms with Gasteiger partial charge in [-0.1, -0.05) is 0 Å². The van der Waals surface area contributed by atoms with Crippen molar-refractivity contribution in [1.29, 1.82) is 0 Å². The van der Waals surface area contributed by atoms with E-state index in [4.69, 9.17) is 5.11 Å². The highest BCUT2D eigenvalue weighted by atomic mass is 127. The molecule has 0 fully saturated rings. The summed E-state index contributed by atoms with van der Waals surface area (Å²) < 4.78 is 39.7. The molecule has 0 amide bonds. The van der Waals surface area contributed by atoms with E-state index < -0.39 is 35.2 Å². The van der Waals surface area contributed by atoms with Crippen molar-refractivity contribution in [3.05, 3.63) is 25.4 Å². The molecule has 104 valence electrons. The molecule has 7 nitrogen and oxygen atoms in total. The predicted octanol–water partition coefficient (Wildman–Crippen LogP) is 2.12. The third kappa shape index (κ3) is 4.50. The minimum absolute atomic E-state index is 0.0184. The molecular weight excluding hydrogens is 388 g/mol. The topological polar surface area (TPSA) is 103 Å². The van der Waals surface area contributed by atoms with Crippen molar-refractivity contribution in [1.82, 2.24) is 4.98 Å². The van der Waals surface area contributed by atoms with Crippen LogP contribution in [0.25, 0.3) is 0 Å². The molecule has 0 radical (unpaired) electrons. The average molecular weight is 392 g/mol. The number of carboxylic acid groups (broad SMARTS) is 1. The Hall–Kier alpha value is -1.66. The second-order valence-corrected chi connectivity index (χ2v) is 4.28. The minimum Gasteiger partial charge on any atom is -0.481 e. The van der Waals surface area contributed by atoms with Crippen molar-refractivity contribution >= 4 is 34.4 Å². The number of hydrogen-bond donors (Lipinski definition) is 1. The smallest absolute Gasteiger partial charge is 0.481 e. The minimum atomic E-state index is -5.11. The lowest BCUT2D eigenvalue weighted by molar-refractivity contribution is -0.393. The Bertz CT molecular complexity index is 534. The fraction of sp³-hybridized carbons (Fsp3) is 0.250. The normalized spacial score (nSPS) is 11.2. The zero-order valence-corrected chi connectivity index (χ0v) is 10.9. The quantitative estimate of drug-likeness (QED) is 0.479. The molecular formula is C8H4F3IN2O5. The average Bonchev–Trinajstić information content (AvgIpc) is 2.18. The molecule has 0 spiro atoms. The molecule has 1 rings (SSSR count). The molecule has 1 heterocycles. The van der Waals surface area contributed by atoms with Gasteiger partial charge in [0, 0.05) is 6.07 Å². The summed E-state index contributed by atoms with van der Waals surface area (Å²) in [6.45, 7) is 0. The summed E-state index contributed by atoms with van der Waals surface area (Å²) in [7, 11) is 0. The van der Waals surface area contributed by atoms with Crippen LogP contribution in [0.5, 0.6) is 5.75 Å². The van der Waals surface area contributed by atoms with Crippen molar-refractivity contribution in [2.75, 3.05) is 0 Å². The van der Waals surface area contributed by atoms with Gasteiger partial charge in [0.1, 0.15) is 6.42 Å². The van der Waals surface area contributed by atoms with Gasteiger partial charge >= 0.3 is 18.1 Å². The summed E-state index contributed by atoms with van der Waals surface area (Å²) in [4.78, 5) is 23.2. The first kappa shape index (κ1) is 15.4. The van der Waals surface area contributed by atoms with Crippen LogP contribution < -0.4 is 4.74 Å². The van der Waals surface area contributed by atoms with Crippen molar-refractivity contribution < 1.29 is 32.7 Å². The van der Waals surface area contributed by atoms with Gasteiger partial charge in [0.15, 0.2) is 5.69 Å². The maximum Gasteiger partial charge on any atom is 0.573 e. The molecule has 0 aromatic carbocycles. The van der Waals surface area contributed by atoms with E-state index in [-0.39, 0.29) is 9.26 Å². The monoisotopic (exact) mass is 392 g/mol. The molecule has 11 heteroatoms. The SMILES string of the molecule is O=C(O)Cc1nc([N+](=O)[O-])c(OC(F)(F)F)cc1I. The fourth-order valence-electron chi connectivity index (χ4n) is 1.10. The summed E-state index contributed by atoms with van der Waals surface area (Å²) in [5.41, 5.74) is -0.214. The number of aliphatic carboxylic acids is 1. The van der Waals surface area contributed by atoms with Crippen molar-refractivity contribution in [2.24, 2.45) is 0 Å². The summed E-state index contributed by atoms with van der Waals surface area (Å²) in [5, 5.41) is 19.2. The lowest BCUT2D eigenvalue weighted by Gasteiger charge is -2.09. The first-order valence-corrected chi connectivity index (χ1v) is 5.49. The van der Waals surface area contributed by atoms with Crippen LogP contribution in [0.1, 0.15) is 5.69 Å². The lowest BCUT2D eigenvalue weighted by Crippen LogP contribution is -2.19. The second-order valence-electron chi connectivity index (χ2n) is 3.11. The van der Waals surface area contributed by atoms with E-state index >= 15 is 0 Å².